The van der Waals surface area contributed by atoms with Gasteiger partial charge in [-0.15, -0.1) is 11.8 Å². The molecule has 1 aliphatic carbocycles. The van der Waals surface area contributed by atoms with Crippen LogP contribution in [0.5, 0.6) is 0 Å². The smallest absolute Gasteiger partial charge is 0.255 e. The third-order valence-corrected chi connectivity index (χ3v) is 6.94. The van der Waals surface area contributed by atoms with Crippen LogP contribution in [-0.4, -0.2) is 34.6 Å². The molecule has 2 unspecified atom stereocenters. The van der Waals surface area contributed by atoms with Gasteiger partial charge in [0.15, 0.2) is 0 Å². The van der Waals surface area contributed by atoms with Crippen molar-refractivity contribution in [2.45, 2.75) is 56.5 Å². The predicted molar refractivity (Wildman–Crippen MR) is 110 cm³/mol. The van der Waals surface area contributed by atoms with Gasteiger partial charge in [0, 0.05) is 22.9 Å². The quantitative estimate of drug-likeness (QED) is 0.834. The van der Waals surface area contributed by atoms with Gasteiger partial charge in [0.1, 0.15) is 11.4 Å². The van der Waals surface area contributed by atoms with Crippen LogP contribution in [0.25, 0.3) is 0 Å². The zero-order chi connectivity index (χ0) is 19.5. The van der Waals surface area contributed by atoms with Crippen LogP contribution in [-0.2, 0) is 4.79 Å². The van der Waals surface area contributed by atoms with Gasteiger partial charge in [-0.3, -0.25) is 9.59 Å². The number of hydrogen-bond donors (Lipinski definition) is 1. The summed E-state index contributed by atoms with van der Waals surface area (Å²) in [6, 6.07) is 9.16. The lowest BCUT2D eigenvalue weighted by molar-refractivity contribution is -0.125. The van der Waals surface area contributed by atoms with Gasteiger partial charge in [0.2, 0.25) is 5.91 Å². The molecule has 1 saturated heterocycles. The van der Waals surface area contributed by atoms with Gasteiger partial charge < -0.3 is 14.6 Å². The van der Waals surface area contributed by atoms with E-state index in [2.05, 4.69) is 5.32 Å². The molecule has 1 aromatic heterocycles. The van der Waals surface area contributed by atoms with Crippen LogP contribution in [0.1, 0.15) is 59.0 Å². The highest BCUT2D eigenvalue weighted by atomic mass is 32.2. The molecule has 2 aliphatic rings. The first-order valence-corrected chi connectivity index (χ1v) is 11.0. The van der Waals surface area contributed by atoms with Crippen molar-refractivity contribution >= 4 is 23.6 Å². The van der Waals surface area contributed by atoms with Crippen molar-refractivity contribution in [1.82, 2.24) is 10.2 Å². The maximum absolute atomic E-state index is 13.4. The van der Waals surface area contributed by atoms with Crippen molar-refractivity contribution in [3.8, 4) is 0 Å². The Balaban J connectivity index is 1.58. The van der Waals surface area contributed by atoms with E-state index in [0.29, 0.717) is 11.3 Å². The molecule has 1 aromatic carbocycles. The lowest BCUT2D eigenvalue weighted by atomic mass is 9.95. The Hall–Kier alpha value is -2.21. The number of furan rings is 1. The number of benzene rings is 1. The van der Waals surface area contributed by atoms with Crippen LogP contribution in [0.3, 0.4) is 0 Å². The average Bonchev–Trinajstić information content (AvgIpc) is 3.38. The van der Waals surface area contributed by atoms with Gasteiger partial charge in [-0.05, 0) is 38.0 Å². The van der Waals surface area contributed by atoms with E-state index in [1.165, 1.54) is 6.42 Å². The predicted octanol–water partition coefficient (Wildman–Crippen LogP) is 4.29. The molecule has 1 N–H and O–H groups in total. The summed E-state index contributed by atoms with van der Waals surface area (Å²) in [6.07, 6.45) is 8.90. The highest BCUT2D eigenvalue weighted by Crippen LogP contribution is 2.42. The van der Waals surface area contributed by atoms with E-state index in [0.717, 1.165) is 36.8 Å². The fourth-order valence-electron chi connectivity index (χ4n) is 4.02. The molecular weight excluding hydrogens is 372 g/mol. The van der Waals surface area contributed by atoms with Crippen molar-refractivity contribution in [3.63, 3.8) is 0 Å². The monoisotopic (exact) mass is 398 g/mol. The standard InChI is InChI=1S/C22H26N2O3S/c1-15-7-9-16(10-8-15)21(26)24-19(14-28-22(24)17-11-12-27-13-17)20(25)23-18-5-3-2-4-6-18/h7-13,18-19,22H,2-6,14H2,1H3,(H,23,25). The van der Waals surface area contributed by atoms with Gasteiger partial charge in [0.25, 0.3) is 5.91 Å². The molecule has 4 rings (SSSR count). The summed E-state index contributed by atoms with van der Waals surface area (Å²) in [6.45, 7) is 1.99. The minimum atomic E-state index is -0.472. The van der Waals surface area contributed by atoms with Crippen molar-refractivity contribution in [2.24, 2.45) is 0 Å². The zero-order valence-electron chi connectivity index (χ0n) is 16.1. The topological polar surface area (TPSA) is 62.6 Å². The lowest BCUT2D eigenvalue weighted by Gasteiger charge is -2.30. The van der Waals surface area contributed by atoms with Crippen LogP contribution >= 0.6 is 11.8 Å². The SMILES string of the molecule is Cc1ccc(C(=O)N2C(C(=O)NC3CCCCC3)CSC2c2ccoc2)cc1. The van der Waals surface area contributed by atoms with Gasteiger partial charge >= 0.3 is 0 Å². The summed E-state index contributed by atoms with van der Waals surface area (Å²) in [5.74, 6) is 0.442. The fraction of sp³-hybridized carbons (Fsp3) is 0.455. The number of carbonyl (C=O) groups excluding carboxylic acids is 2. The zero-order valence-corrected chi connectivity index (χ0v) is 16.9. The Bertz CT molecular complexity index is 813. The van der Waals surface area contributed by atoms with E-state index in [4.69, 9.17) is 4.42 Å². The number of hydrogen-bond acceptors (Lipinski definition) is 4. The van der Waals surface area contributed by atoms with Gasteiger partial charge in [-0.1, -0.05) is 37.0 Å². The molecule has 1 aliphatic heterocycles. The molecule has 6 heteroatoms. The minimum Gasteiger partial charge on any atom is -0.472 e. The van der Waals surface area contributed by atoms with Crippen LogP contribution in [0.15, 0.2) is 47.3 Å². The number of thioether (sulfide) groups is 1. The van der Waals surface area contributed by atoms with Crippen molar-refractivity contribution in [1.29, 1.82) is 0 Å². The first kappa shape index (κ1) is 19.1. The van der Waals surface area contributed by atoms with Crippen molar-refractivity contribution in [2.75, 3.05) is 5.75 Å². The van der Waals surface area contributed by atoms with Crippen LogP contribution < -0.4 is 5.32 Å². The van der Waals surface area contributed by atoms with E-state index in [1.54, 1.807) is 29.2 Å². The Morgan fingerprint density at radius 1 is 1.11 bits per heavy atom. The number of amides is 2. The fourth-order valence-corrected chi connectivity index (χ4v) is 5.42. The maximum Gasteiger partial charge on any atom is 0.255 e. The molecule has 0 bridgehead atoms. The summed E-state index contributed by atoms with van der Waals surface area (Å²) in [7, 11) is 0. The third-order valence-electron chi connectivity index (χ3n) is 5.62. The molecular formula is C22H26N2O3S. The number of nitrogens with zero attached hydrogens (tertiary/aromatic N) is 1. The second-order valence-corrected chi connectivity index (χ2v) is 8.79. The van der Waals surface area contributed by atoms with E-state index in [9.17, 15) is 9.59 Å². The Morgan fingerprint density at radius 3 is 2.54 bits per heavy atom. The summed E-state index contributed by atoms with van der Waals surface area (Å²) in [4.78, 5) is 28.2. The van der Waals surface area contributed by atoms with Crippen molar-refractivity contribution in [3.05, 3.63) is 59.5 Å². The van der Waals surface area contributed by atoms with E-state index in [-0.39, 0.29) is 23.2 Å². The van der Waals surface area contributed by atoms with Crippen LogP contribution in [0.2, 0.25) is 0 Å². The second-order valence-electron chi connectivity index (χ2n) is 7.68. The van der Waals surface area contributed by atoms with Gasteiger partial charge in [-0.25, -0.2) is 0 Å². The van der Waals surface area contributed by atoms with Crippen LogP contribution in [0.4, 0.5) is 0 Å². The van der Waals surface area contributed by atoms with Gasteiger partial charge in [0.05, 0.1) is 12.5 Å². The molecule has 2 atom stereocenters. The molecule has 1 saturated carbocycles. The Labute approximate surface area is 169 Å². The lowest BCUT2D eigenvalue weighted by Crippen LogP contribution is -2.50. The molecule has 2 fully saturated rings. The van der Waals surface area contributed by atoms with E-state index >= 15 is 0 Å². The summed E-state index contributed by atoms with van der Waals surface area (Å²) in [5.41, 5.74) is 2.63. The first-order chi connectivity index (χ1) is 13.6. The minimum absolute atomic E-state index is 0.0362. The first-order valence-electron chi connectivity index (χ1n) is 9.97. The van der Waals surface area contributed by atoms with E-state index < -0.39 is 6.04 Å². The largest absolute Gasteiger partial charge is 0.472 e. The Morgan fingerprint density at radius 2 is 1.86 bits per heavy atom. The highest BCUT2D eigenvalue weighted by molar-refractivity contribution is 7.99. The number of rotatable bonds is 4. The molecule has 0 spiro atoms. The highest BCUT2D eigenvalue weighted by Gasteiger charge is 2.43. The molecule has 0 radical (unpaired) electrons. The molecule has 2 aromatic rings. The molecule has 2 amide bonds. The summed E-state index contributed by atoms with van der Waals surface area (Å²) in [5, 5.41) is 2.99. The van der Waals surface area contributed by atoms with Crippen molar-refractivity contribution < 1.29 is 14.0 Å². The molecule has 2 heterocycles. The number of carbonyl (C=O) groups is 2. The molecule has 28 heavy (non-hydrogen) atoms. The molecule has 5 nitrogen and oxygen atoms in total. The number of aryl methyl sites for hydroxylation is 1. The number of nitrogens with one attached hydrogen (secondary N) is 1. The maximum atomic E-state index is 13.4. The Kier molecular flexibility index (Phi) is 5.76. The molecule has 148 valence electrons. The van der Waals surface area contributed by atoms with Crippen LogP contribution in [0, 0.1) is 6.92 Å². The van der Waals surface area contributed by atoms with Gasteiger partial charge in [-0.2, -0.15) is 0 Å². The van der Waals surface area contributed by atoms with E-state index in [1.807, 2.05) is 37.3 Å². The third kappa shape index (κ3) is 3.97. The average molecular weight is 399 g/mol. The second kappa shape index (κ2) is 8.43. The normalized spacial score (nSPS) is 23.0. The summed E-state index contributed by atoms with van der Waals surface area (Å²) >= 11 is 1.62. The summed E-state index contributed by atoms with van der Waals surface area (Å²) < 4.78 is 5.24.